The Morgan fingerprint density at radius 1 is 1.48 bits per heavy atom. The van der Waals surface area contributed by atoms with E-state index in [1.54, 1.807) is 7.11 Å². The van der Waals surface area contributed by atoms with Crippen LogP contribution in [0.2, 0.25) is 0 Å². The first-order valence-electron chi connectivity index (χ1n) is 8.71. The molecule has 1 heterocycles. The van der Waals surface area contributed by atoms with Crippen LogP contribution in [0.3, 0.4) is 0 Å². The highest BCUT2D eigenvalue weighted by Crippen LogP contribution is 2.22. The summed E-state index contributed by atoms with van der Waals surface area (Å²) in [5.41, 5.74) is 2.36. The molecule has 2 unspecified atom stereocenters. The van der Waals surface area contributed by atoms with E-state index in [1.165, 1.54) is 18.4 Å². The highest BCUT2D eigenvalue weighted by molar-refractivity contribution is 5.76. The number of piperidine rings is 1. The van der Waals surface area contributed by atoms with Crippen LogP contribution in [-0.2, 0) is 11.2 Å². The summed E-state index contributed by atoms with van der Waals surface area (Å²) in [5.74, 6) is 2.13. The molecule has 0 aliphatic carbocycles. The average molecular weight is 318 g/mol. The number of methoxy groups -OCH3 is 1. The molecule has 1 fully saturated rings. The lowest BCUT2D eigenvalue weighted by Gasteiger charge is -2.28. The topological polar surface area (TPSA) is 50.4 Å². The molecule has 4 heteroatoms. The highest BCUT2D eigenvalue weighted by atomic mass is 16.5. The second-order valence-corrected chi connectivity index (χ2v) is 6.70. The standard InChI is InChI=1S/C19H30N2O2/c1-14-6-7-18(23-3)16(11-14)8-10-21-19(22)12-15(2)17-5-4-9-20-13-17/h6-7,11,15,17,20H,4-5,8-10,12-13H2,1-3H3,(H,21,22). The van der Waals surface area contributed by atoms with Crippen molar-refractivity contribution in [1.29, 1.82) is 0 Å². The van der Waals surface area contributed by atoms with Crippen molar-refractivity contribution in [3.05, 3.63) is 29.3 Å². The fraction of sp³-hybridized carbons (Fsp3) is 0.632. The number of carbonyl (C=O) groups excluding carboxylic acids is 1. The van der Waals surface area contributed by atoms with Gasteiger partial charge in [-0.1, -0.05) is 24.6 Å². The first kappa shape index (κ1) is 17.8. The summed E-state index contributed by atoms with van der Waals surface area (Å²) in [4.78, 5) is 12.1. The SMILES string of the molecule is COc1ccc(C)cc1CCNC(=O)CC(C)C1CCCNC1. The second-order valence-electron chi connectivity index (χ2n) is 6.70. The molecule has 1 aliphatic heterocycles. The zero-order chi connectivity index (χ0) is 16.7. The Bertz CT molecular complexity index is 510. The van der Waals surface area contributed by atoms with Crippen LogP contribution in [0.1, 0.15) is 37.3 Å². The van der Waals surface area contributed by atoms with Crippen molar-refractivity contribution in [2.75, 3.05) is 26.7 Å². The van der Waals surface area contributed by atoms with Gasteiger partial charge in [0.25, 0.3) is 0 Å². The average Bonchev–Trinajstić information content (AvgIpc) is 2.56. The Hall–Kier alpha value is -1.55. The molecule has 2 N–H and O–H groups in total. The Kier molecular flexibility index (Phi) is 6.90. The van der Waals surface area contributed by atoms with Crippen LogP contribution in [0.4, 0.5) is 0 Å². The third-order valence-electron chi connectivity index (χ3n) is 4.80. The molecule has 0 saturated carbocycles. The van der Waals surface area contributed by atoms with Crippen molar-refractivity contribution in [2.45, 2.75) is 39.5 Å². The van der Waals surface area contributed by atoms with Gasteiger partial charge in [-0.05, 0) is 62.7 Å². The number of rotatable bonds is 7. The zero-order valence-corrected chi connectivity index (χ0v) is 14.7. The third-order valence-corrected chi connectivity index (χ3v) is 4.80. The van der Waals surface area contributed by atoms with Gasteiger partial charge in [-0.25, -0.2) is 0 Å². The molecular weight excluding hydrogens is 288 g/mol. The van der Waals surface area contributed by atoms with E-state index in [4.69, 9.17) is 4.74 Å². The van der Waals surface area contributed by atoms with E-state index in [0.29, 0.717) is 24.8 Å². The Balaban J connectivity index is 1.75. The lowest BCUT2D eigenvalue weighted by molar-refractivity contribution is -0.122. The number of hydrogen-bond acceptors (Lipinski definition) is 3. The van der Waals surface area contributed by atoms with Crippen molar-refractivity contribution >= 4 is 5.91 Å². The van der Waals surface area contributed by atoms with Crippen LogP contribution in [0.25, 0.3) is 0 Å². The summed E-state index contributed by atoms with van der Waals surface area (Å²) in [5, 5.41) is 6.48. The van der Waals surface area contributed by atoms with Crippen molar-refractivity contribution in [2.24, 2.45) is 11.8 Å². The minimum Gasteiger partial charge on any atom is -0.496 e. The van der Waals surface area contributed by atoms with Gasteiger partial charge in [0, 0.05) is 13.0 Å². The van der Waals surface area contributed by atoms with Gasteiger partial charge in [-0.3, -0.25) is 4.79 Å². The van der Waals surface area contributed by atoms with Crippen LogP contribution in [0.5, 0.6) is 5.75 Å². The molecule has 0 spiro atoms. The first-order valence-corrected chi connectivity index (χ1v) is 8.71. The maximum Gasteiger partial charge on any atom is 0.220 e. The maximum absolute atomic E-state index is 12.1. The Morgan fingerprint density at radius 2 is 2.30 bits per heavy atom. The summed E-state index contributed by atoms with van der Waals surface area (Å²) in [7, 11) is 1.69. The predicted molar refractivity (Wildman–Crippen MR) is 93.8 cm³/mol. The number of aryl methyl sites for hydroxylation is 1. The van der Waals surface area contributed by atoms with Gasteiger partial charge in [0.05, 0.1) is 7.11 Å². The zero-order valence-electron chi connectivity index (χ0n) is 14.7. The molecule has 4 nitrogen and oxygen atoms in total. The molecule has 1 aromatic rings. The fourth-order valence-electron chi connectivity index (χ4n) is 3.34. The van der Waals surface area contributed by atoms with E-state index in [0.717, 1.165) is 30.8 Å². The Morgan fingerprint density at radius 3 is 3.00 bits per heavy atom. The van der Waals surface area contributed by atoms with Gasteiger partial charge < -0.3 is 15.4 Å². The minimum atomic E-state index is 0.162. The molecule has 128 valence electrons. The summed E-state index contributed by atoms with van der Waals surface area (Å²) in [6.07, 6.45) is 3.89. The van der Waals surface area contributed by atoms with Gasteiger partial charge in [0.15, 0.2) is 0 Å². The monoisotopic (exact) mass is 318 g/mol. The van der Waals surface area contributed by atoms with Crippen LogP contribution < -0.4 is 15.4 Å². The number of carbonyl (C=O) groups is 1. The van der Waals surface area contributed by atoms with Crippen molar-refractivity contribution < 1.29 is 9.53 Å². The number of ether oxygens (including phenoxy) is 1. The largest absolute Gasteiger partial charge is 0.496 e. The fourth-order valence-corrected chi connectivity index (χ4v) is 3.34. The second kappa shape index (κ2) is 8.92. The van der Waals surface area contributed by atoms with E-state index in [-0.39, 0.29) is 5.91 Å². The molecule has 23 heavy (non-hydrogen) atoms. The predicted octanol–water partition coefficient (Wildman–Crippen LogP) is 2.69. The molecule has 1 aromatic carbocycles. The molecular formula is C19H30N2O2. The molecule has 1 aliphatic rings. The molecule has 1 saturated heterocycles. The highest BCUT2D eigenvalue weighted by Gasteiger charge is 2.21. The quantitative estimate of drug-likeness (QED) is 0.813. The van der Waals surface area contributed by atoms with E-state index in [2.05, 4.69) is 30.5 Å². The van der Waals surface area contributed by atoms with Crippen molar-refractivity contribution in [1.82, 2.24) is 10.6 Å². The van der Waals surface area contributed by atoms with Crippen LogP contribution in [0.15, 0.2) is 18.2 Å². The van der Waals surface area contributed by atoms with E-state index in [9.17, 15) is 4.79 Å². The molecule has 2 rings (SSSR count). The van der Waals surface area contributed by atoms with E-state index in [1.807, 2.05) is 12.1 Å². The van der Waals surface area contributed by atoms with Crippen LogP contribution in [0, 0.1) is 18.8 Å². The summed E-state index contributed by atoms with van der Waals surface area (Å²) >= 11 is 0. The lowest BCUT2D eigenvalue weighted by atomic mass is 9.85. The molecule has 0 radical (unpaired) electrons. The summed E-state index contributed by atoms with van der Waals surface area (Å²) in [6, 6.07) is 6.16. The smallest absolute Gasteiger partial charge is 0.220 e. The lowest BCUT2D eigenvalue weighted by Crippen LogP contribution is -2.36. The van der Waals surface area contributed by atoms with Crippen LogP contribution >= 0.6 is 0 Å². The number of nitrogens with one attached hydrogen (secondary N) is 2. The normalized spacial score (nSPS) is 19.2. The maximum atomic E-state index is 12.1. The first-order chi connectivity index (χ1) is 11.1. The van der Waals surface area contributed by atoms with E-state index >= 15 is 0 Å². The van der Waals surface area contributed by atoms with Gasteiger partial charge in [0.1, 0.15) is 5.75 Å². The van der Waals surface area contributed by atoms with Crippen LogP contribution in [-0.4, -0.2) is 32.7 Å². The number of amides is 1. The molecule has 0 bridgehead atoms. The third kappa shape index (κ3) is 5.54. The summed E-state index contributed by atoms with van der Waals surface area (Å²) in [6.45, 7) is 7.10. The summed E-state index contributed by atoms with van der Waals surface area (Å²) < 4.78 is 5.38. The molecule has 0 aromatic heterocycles. The van der Waals surface area contributed by atoms with Gasteiger partial charge in [-0.2, -0.15) is 0 Å². The van der Waals surface area contributed by atoms with Gasteiger partial charge in [-0.15, -0.1) is 0 Å². The van der Waals surface area contributed by atoms with Gasteiger partial charge >= 0.3 is 0 Å². The van der Waals surface area contributed by atoms with Gasteiger partial charge in [0.2, 0.25) is 5.91 Å². The van der Waals surface area contributed by atoms with E-state index < -0.39 is 0 Å². The Labute approximate surface area is 140 Å². The van der Waals surface area contributed by atoms with Crippen molar-refractivity contribution in [3.63, 3.8) is 0 Å². The molecule has 1 amide bonds. The van der Waals surface area contributed by atoms with Crippen molar-refractivity contribution in [3.8, 4) is 5.75 Å². The number of hydrogen-bond donors (Lipinski definition) is 2. The molecule has 2 atom stereocenters. The number of benzene rings is 1. The minimum absolute atomic E-state index is 0.162.